The van der Waals surface area contributed by atoms with Crippen LogP contribution in [-0.4, -0.2) is 11.1 Å². The van der Waals surface area contributed by atoms with Gasteiger partial charge in [-0.1, -0.05) is 42.8 Å². The predicted octanol–water partition coefficient (Wildman–Crippen LogP) is 4.18. The Balaban J connectivity index is 2.12. The van der Waals surface area contributed by atoms with Crippen LogP contribution >= 0.6 is 11.6 Å². The fourth-order valence-electron chi connectivity index (χ4n) is 1.83. The molecule has 0 saturated carbocycles. The van der Waals surface area contributed by atoms with E-state index >= 15 is 0 Å². The van der Waals surface area contributed by atoms with Crippen LogP contribution in [0.1, 0.15) is 28.4 Å². The van der Waals surface area contributed by atoms with E-state index in [1.807, 2.05) is 24.3 Å². The average Bonchev–Trinajstić information content (AvgIpc) is 2.46. The van der Waals surface area contributed by atoms with Crippen LogP contribution in [-0.2, 0) is 13.0 Å². The third kappa shape index (κ3) is 3.52. The summed E-state index contributed by atoms with van der Waals surface area (Å²) >= 11 is 5.79. The van der Waals surface area contributed by atoms with E-state index in [0.29, 0.717) is 17.4 Å². The number of rotatable bonds is 5. The van der Waals surface area contributed by atoms with Crippen molar-refractivity contribution in [3.63, 3.8) is 0 Å². The van der Waals surface area contributed by atoms with Crippen molar-refractivity contribution in [1.82, 2.24) is 0 Å². The van der Waals surface area contributed by atoms with E-state index in [1.54, 1.807) is 12.1 Å². The number of aryl methyl sites for hydroxylation is 1. The Labute approximate surface area is 122 Å². The Kier molecular flexibility index (Phi) is 4.64. The molecule has 3 nitrogen and oxygen atoms in total. The minimum absolute atomic E-state index is 0.0719. The molecule has 0 fully saturated rings. The molecule has 20 heavy (non-hydrogen) atoms. The maximum Gasteiger partial charge on any atom is 0.339 e. The quantitative estimate of drug-likeness (QED) is 0.898. The lowest BCUT2D eigenvalue weighted by Gasteiger charge is -2.10. The second-order valence-electron chi connectivity index (χ2n) is 4.40. The molecule has 2 rings (SSSR count). The van der Waals surface area contributed by atoms with Crippen LogP contribution < -0.4 is 4.74 Å². The second-order valence-corrected chi connectivity index (χ2v) is 4.84. The first-order valence-electron chi connectivity index (χ1n) is 6.33. The van der Waals surface area contributed by atoms with E-state index in [9.17, 15) is 4.79 Å². The van der Waals surface area contributed by atoms with Crippen LogP contribution in [0.5, 0.6) is 5.75 Å². The molecule has 4 heteroatoms. The zero-order chi connectivity index (χ0) is 14.5. The van der Waals surface area contributed by atoms with Crippen molar-refractivity contribution >= 4 is 17.6 Å². The lowest BCUT2D eigenvalue weighted by Crippen LogP contribution is -2.03. The summed E-state index contributed by atoms with van der Waals surface area (Å²) in [5.41, 5.74) is 2.32. The number of carbonyl (C=O) groups is 1. The number of carboxylic acid groups (broad SMARTS) is 1. The van der Waals surface area contributed by atoms with Crippen LogP contribution in [0.4, 0.5) is 0 Å². The van der Waals surface area contributed by atoms with Gasteiger partial charge in [0, 0.05) is 5.02 Å². The van der Waals surface area contributed by atoms with Gasteiger partial charge in [0.1, 0.15) is 17.9 Å². The summed E-state index contributed by atoms with van der Waals surface area (Å²) < 4.78 is 5.57. The van der Waals surface area contributed by atoms with Gasteiger partial charge in [0.05, 0.1) is 0 Å². The first kappa shape index (κ1) is 14.4. The number of carboxylic acids is 1. The zero-order valence-corrected chi connectivity index (χ0v) is 11.9. The summed E-state index contributed by atoms with van der Waals surface area (Å²) in [5.74, 6) is -0.731. The maximum absolute atomic E-state index is 11.1. The summed E-state index contributed by atoms with van der Waals surface area (Å²) in [4.78, 5) is 11.1. The summed E-state index contributed by atoms with van der Waals surface area (Å²) in [5, 5.41) is 9.49. The Hall–Kier alpha value is -2.00. The van der Waals surface area contributed by atoms with Crippen molar-refractivity contribution in [2.24, 2.45) is 0 Å². The van der Waals surface area contributed by atoms with Crippen molar-refractivity contribution < 1.29 is 14.6 Å². The molecule has 0 amide bonds. The molecular formula is C16H15ClO3. The van der Waals surface area contributed by atoms with E-state index in [4.69, 9.17) is 21.4 Å². The fourth-order valence-corrected chi connectivity index (χ4v) is 2.00. The van der Waals surface area contributed by atoms with Gasteiger partial charge in [-0.25, -0.2) is 4.79 Å². The molecule has 0 bridgehead atoms. The topological polar surface area (TPSA) is 46.5 Å². The first-order valence-corrected chi connectivity index (χ1v) is 6.71. The molecule has 0 aromatic heterocycles. The highest BCUT2D eigenvalue weighted by atomic mass is 35.5. The lowest BCUT2D eigenvalue weighted by atomic mass is 10.1. The van der Waals surface area contributed by atoms with E-state index in [0.717, 1.165) is 12.0 Å². The zero-order valence-electron chi connectivity index (χ0n) is 11.1. The van der Waals surface area contributed by atoms with Gasteiger partial charge >= 0.3 is 5.97 Å². The molecule has 104 valence electrons. The van der Waals surface area contributed by atoms with E-state index < -0.39 is 5.97 Å². The van der Waals surface area contributed by atoms with Gasteiger partial charge in [-0.15, -0.1) is 0 Å². The molecule has 2 aromatic rings. The maximum atomic E-state index is 11.1. The Morgan fingerprint density at radius 2 is 1.80 bits per heavy atom. The summed E-state index contributed by atoms with van der Waals surface area (Å²) in [6.07, 6.45) is 0.988. The Morgan fingerprint density at radius 3 is 2.40 bits per heavy atom. The van der Waals surface area contributed by atoms with Gasteiger partial charge in [-0.2, -0.15) is 0 Å². The van der Waals surface area contributed by atoms with E-state index in [2.05, 4.69) is 6.92 Å². The smallest absolute Gasteiger partial charge is 0.339 e. The minimum Gasteiger partial charge on any atom is -0.488 e. The van der Waals surface area contributed by atoms with Gasteiger partial charge in [-0.3, -0.25) is 0 Å². The van der Waals surface area contributed by atoms with E-state index in [-0.39, 0.29) is 5.56 Å². The number of hydrogen-bond acceptors (Lipinski definition) is 2. The van der Waals surface area contributed by atoms with Gasteiger partial charge < -0.3 is 9.84 Å². The van der Waals surface area contributed by atoms with Gasteiger partial charge in [-0.05, 0) is 35.7 Å². The highest BCUT2D eigenvalue weighted by Crippen LogP contribution is 2.24. The van der Waals surface area contributed by atoms with Crippen LogP contribution in [0.25, 0.3) is 0 Å². The molecule has 0 spiro atoms. The SMILES string of the molecule is CCc1ccc(COc2ccc(Cl)cc2C(=O)O)cc1. The lowest BCUT2D eigenvalue weighted by molar-refractivity contribution is 0.0691. The largest absolute Gasteiger partial charge is 0.488 e. The highest BCUT2D eigenvalue weighted by molar-refractivity contribution is 6.31. The Bertz CT molecular complexity index is 606. The summed E-state index contributed by atoms with van der Waals surface area (Å²) in [6.45, 7) is 2.42. The molecule has 0 unspecified atom stereocenters. The molecule has 0 aliphatic rings. The standard InChI is InChI=1S/C16H15ClO3/c1-2-11-3-5-12(6-4-11)10-20-15-8-7-13(17)9-14(15)16(18)19/h3-9H,2,10H2,1H3,(H,18,19). The molecule has 0 radical (unpaired) electrons. The van der Waals surface area contributed by atoms with E-state index in [1.165, 1.54) is 11.6 Å². The van der Waals surface area contributed by atoms with Gasteiger partial charge in [0.15, 0.2) is 0 Å². The van der Waals surface area contributed by atoms with Crippen molar-refractivity contribution in [3.05, 3.63) is 64.2 Å². The molecule has 0 aliphatic carbocycles. The highest BCUT2D eigenvalue weighted by Gasteiger charge is 2.12. The molecule has 0 saturated heterocycles. The molecule has 1 N–H and O–H groups in total. The first-order chi connectivity index (χ1) is 9.60. The monoisotopic (exact) mass is 290 g/mol. The van der Waals surface area contributed by atoms with Gasteiger partial charge in [0.25, 0.3) is 0 Å². The van der Waals surface area contributed by atoms with Crippen LogP contribution in [0.2, 0.25) is 5.02 Å². The second kappa shape index (κ2) is 6.44. The van der Waals surface area contributed by atoms with Crippen molar-refractivity contribution in [1.29, 1.82) is 0 Å². The van der Waals surface area contributed by atoms with Crippen molar-refractivity contribution in [3.8, 4) is 5.75 Å². The third-order valence-corrected chi connectivity index (χ3v) is 3.23. The number of hydrogen-bond donors (Lipinski definition) is 1. The Morgan fingerprint density at radius 1 is 1.15 bits per heavy atom. The van der Waals surface area contributed by atoms with Crippen LogP contribution in [0, 0.1) is 0 Å². The fraction of sp³-hybridized carbons (Fsp3) is 0.188. The van der Waals surface area contributed by atoms with Crippen LogP contribution in [0.15, 0.2) is 42.5 Å². The molecule has 0 aliphatic heterocycles. The molecule has 2 aromatic carbocycles. The predicted molar refractivity (Wildman–Crippen MR) is 78.6 cm³/mol. The normalized spacial score (nSPS) is 10.3. The molecular weight excluding hydrogens is 276 g/mol. The number of halogens is 1. The number of ether oxygens (including phenoxy) is 1. The van der Waals surface area contributed by atoms with Crippen LogP contribution in [0.3, 0.4) is 0 Å². The number of aromatic carboxylic acids is 1. The molecule has 0 atom stereocenters. The minimum atomic E-state index is -1.05. The van der Waals surface area contributed by atoms with Crippen molar-refractivity contribution in [2.75, 3.05) is 0 Å². The third-order valence-electron chi connectivity index (χ3n) is 3.00. The summed E-state index contributed by atoms with van der Waals surface area (Å²) in [6, 6.07) is 12.6. The summed E-state index contributed by atoms with van der Waals surface area (Å²) in [7, 11) is 0. The molecule has 0 heterocycles. The number of benzene rings is 2. The van der Waals surface area contributed by atoms with Crippen molar-refractivity contribution in [2.45, 2.75) is 20.0 Å². The average molecular weight is 291 g/mol. The van der Waals surface area contributed by atoms with Gasteiger partial charge in [0.2, 0.25) is 0 Å².